The smallest absolute Gasteiger partial charge is 0.333 e. The van der Waals surface area contributed by atoms with Crippen molar-refractivity contribution in [2.75, 3.05) is 23.3 Å². The minimum absolute atomic E-state index is 0.0370. The number of anilines is 2. The first-order chi connectivity index (χ1) is 15.4. The maximum Gasteiger partial charge on any atom is 0.333 e. The van der Waals surface area contributed by atoms with Gasteiger partial charge in [0.25, 0.3) is 5.56 Å². The number of thiazole rings is 1. The molecule has 1 fully saturated rings. The molecule has 8 nitrogen and oxygen atoms in total. The number of amides is 1. The number of halogens is 2. The van der Waals surface area contributed by atoms with E-state index in [0.29, 0.717) is 5.13 Å². The average Bonchev–Trinajstić information content (AvgIpc) is 3.23. The van der Waals surface area contributed by atoms with Crippen molar-refractivity contribution in [1.29, 1.82) is 0 Å². The van der Waals surface area contributed by atoms with Gasteiger partial charge in [-0.2, -0.15) is 0 Å². The molecule has 0 spiro atoms. The van der Waals surface area contributed by atoms with E-state index in [2.05, 4.69) is 21.8 Å². The first-order valence-electron chi connectivity index (χ1n) is 10.1. The predicted molar refractivity (Wildman–Crippen MR) is 119 cm³/mol. The summed E-state index contributed by atoms with van der Waals surface area (Å²) in [6.45, 7) is 4.61. The zero-order valence-corrected chi connectivity index (χ0v) is 18.0. The van der Waals surface area contributed by atoms with Crippen LogP contribution in [0.5, 0.6) is 0 Å². The Morgan fingerprint density at radius 3 is 2.66 bits per heavy atom. The van der Waals surface area contributed by atoms with E-state index in [1.165, 1.54) is 17.4 Å². The minimum Gasteiger partial charge on any atom is -0.348 e. The molecule has 1 N–H and O–H groups in total. The number of piperidine rings is 1. The van der Waals surface area contributed by atoms with E-state index in [0.717, 1.165) is 59.7 Å². The Morgan fingerprint density at radius 2 is 1.94 bits per heavy atom. The lowest BCUT2D eigenvalue weighted by Crippen LogP contribution is -2.41. The van der Waals surface area contributed by atoms with Crippen LogP contribution in [-0.4, -0.2) is 33.1 Å². The van der Waals surface area contributed by atoms with E-state index in [9.17, 15) is 23.2 Å². The summed E-state index contributed by atoms with van der Waals surface area (Å²) in [6, 6.07) is 2.67. The zero-order valence-electron chi connectivity index (χ0n) is 17.1. The summed E-state index contributed by atoms with van der Waals surface area (Å²) >= 11 is 1.17. The quantitative estimate of drug-likeness (QED) is 0.571. The number of carbonyl (C=O) groups excluding carboxylic acids is 1. The topological polar surface area (TPSA) is 89.2 Å². The van der Waals surface area contributed by atoms with Crippen LogP contribution in [0.15, 0.2) is 40.4 Å². The van der Waals surface area contributed by atoms with Gasteiger partial charge in [0, 0.05) is 25.7 Å². The molecule has 168 valence electrons. The zero-order chi connectivity index (χ0) is 22.8. The van der Waals surface area contributed by atoms with Gasteiger partial charge in [0.15, 0.2) is 10.8 Å². The fourth-order valence-corrected chi connectivity index (χ4v) is 4.72. The number of carbonyl (C=O) groups is 1. The molecule has 32 heavy (non-hydrogen) atoms. The number of hydrogen-bond acceptors (Lipinski definition) is 6. The fourth-order valence-electron chi connectivity index (χ4n) is 3.65. The third-order valence-electron chi connectivity index (χ3n) is 5.20. The first kappa shape index (κ1) is 21.9. The van der Waals surface area contributed by atoms with Gasteiger partial charge in [-0.25, -0.2) is 18.6 Å². The molecule has 0 atom stereocenters. The molecular weight excluding hydrogens is 440 g/mol. The van der Waals surface area contributed by atoms with Crippen LogP contribution in [0.4, 0.5) is 19.6 Å². The summed E-state index contributed by atoms with van der Waals surface area (Å²) in [5, 5.41) is 2.88. The second-order valence-electron chi connectivity index (χ2n) is 7.44. The number of nitrogens with one attached hydrogen (secondary N) is 1. The van der Waals surface area contributed by atoms with Crippen LogP contribution in [0.1, 0.15) is 19.3 Å². The standard InChI is InChI=1S/C21H21F2N5O3S/c1-2-8-27-19(30)17-18(25-20(32-17)26-9-4-3-5-10-26)28(21(27)31)12-16(29)24-15-11-13(22)6-7-14(15)23/h2,6-7,11H,1,3-5,8-10,12H2,(H,24,29). The maximum atomic E-state index is 13.9. The molecule has 1 saturated heterocycles. The van der Waals surface area contributed by atoms with E-state index in [4.69, 9.17) is 0 Å². The van der Waals surface area contributed by atoms with Gasteiger partial charge < -0.3 is 10.2 Å². The summed E-state index contributed by atoms with van der Waals surface area (Å²) in [5.41, 5.74) is -1.47. The van der Waals surface area contributed by atoms with Crippen LogP contribution < -0.4 is 21.5 Å². The van der Waals surface area contributed by atoms with Gasteiger partial charge in [0.2, 0.25) is 5.91 Å². The summed E-state index contributed by atoms with van der Waals surface area (Å²) < 4.78 is 29.6. The Morgan fingerprint density at radius 1 is 1.19 bits per heavy atom. The van der Waals surface area contributed by atoms with Crippen molar-refractivity contribution >= 4 is 38.4 Å². The molecule has 1 amide bonds. The number of hydrogen-bond donors (Lipinski definition) is 1. The number of nitrogens with zero attached hydrogens (tertiary/aromatic N) is 4. The third kappa shape index (κ3) is 4.20. The van der Waals surface area contributed by atoms with Crippen LogP contribution in [0.3, 0.4) is 0 Å². The largest absolute Gasteiger partial charge is 0.348 e. The van der Waals surface area contributed by atoms with Gasteiger partial charge in [-0.3, -0.25) is 18.7 Å². The lowest BCUT2D eigenvalue weighted by Gasteiger charge is -2.25. The Kier molecular flexibility index (Phi) is 6.17. The summed E-state index contributed by atoms with van der Waals surface area (Å²) in [4.78, 5) is 45.1. The van der Waals surface area contributed by atoms with Crippen molar-refractivity contribution in [1.82, 2.24) is 14.1 Å². The van der Waals surface area contributed by atoms with Gasteiger partial charge in [-0.05, 0) is 31.4 Å². The Bertz CT molecular complexity index is 1310. The molecule has 0 bridgehead atoms. The van der Waals surface area contributed by atoms with Gasteiger partial charge in [-0.1, -0.05) is 17.4 Å². The molecule has 0 radical (unpaired) electrons. The number of fused-ring (bicyclic) bond motifs is 1. The molecule has 0 aliphatic carbocycles. The van der Waals surface area contributed by atoms with Crippen molar-refractivity contribution in [3.8, 4) is 0 Å². The first-order valence-corrected chi connectivity index (χ1v) is 11.0. The van der Waals surface area contributed by atoms with Crippen LogP contribution in [0.25, 0.3) is 10.3 Å². The molecular formula is C21H21F2N5O3S. The van der Waals surface area contributed by atoms with Crippen molar-refractivity contribution in [3.63, 3.8) is 0 Å². The molecule has 0 unspecified atom stereocenters. The van der Waals surface area contributed by atoms with Gasteiger partial charge >= 0.3 is 5.69 Å². The molecule has 0 saturated carbocycles. The van der Waals surface area contributed by atoms with E-state index in [1.807, 2.05) is 0 Å². The number of aromatic nitrogens is 3. The van der Waals surface area contributed by atoms with Crippen LogP contribution in [0.2, 0.25) is 0 Å². The lowest BCUT2D eigenvalue weighted by molar-refractivity contribution is -0.116. The van der Waals surface area contributed by atoms with Crippen molar-refractivity contribution in [2.24, 2.45) is 0 Å². The Labute approximate surface area is 185 Å². The molecule has 1 aliphatic rings. The highest BCUT2D eigenvalue weighted by Gasteiger charge is 2.22. The van der Waals surface area contributed by atoms with Crippen LogP contribution in [-0.2, 0) is 17.9 Å². The van der Waals surface area contributed by atoms with E-state index >= 15 is 0 Å². The highest BCUT2D eigenvalue weighted by Crippen LogP contribution is 2.28. The molecule has 4 rings (SSSR count). The Hall–Kier alpha value is -3.34. The molecule has 1 aromatic carbocycles. The highest BCUT2D eigenvalue weighted by atomic mass is 32.1. The van der Waals surface area contributed by atoms with Crippen molar-refractivity contribution in [2.45, 2.75) is 32.4 Å². The normalized spacial score (nSPS) is 14.0. The molecule has 3 aromatic rings. The Balaban J connectivity index is 1.76. The van der Waals surface area contributed by atoms with Gasteiger partial charge in [-0.15, -0.1) is 6.58 Å². The van der Waals surface area contributed by atoms with E-state index < -0.39 is 35.3 Å². The lowest BCUT2D eigenvalue weighted by atomic mass is 10.1. The van der Waals surface area contributed by atoms with Gasteiger partial charge in [0.1, 0.15) is 22.9 Å². The monoisotopic (exact) mass is 461 g/mol. The third-order valence-corrected chi connectivity index (χ3v) is 6.29. The highest BCUT2D eigenvalue weighted by molar-refractivity contribution is 7.22. The molecule has 3 heterocycles. The number of allylic oxidation sites excluding steroid dienone is 1. The summed E-state index contributed by atoms with van der Waals surface area (Å²) in [5.74, 6) is -2.28. The van der Waals surface area contributed by atoms with Crippen LogP contribution >= 0.6 is 11.3 Å². The van der Waals surface area contributed by atoms with Gasteiger partial charge in [0.05, 0.1) is 5.69 Å². The summed E-state index contributed by atoms with van der Waals surface area (Å²) in [7, 11) is 0. The van der Waals surface area contributed by atoms with Crippen molar-refractivity contribution in [3.05, 3.63) is 63.3 Å². The van der Waals surface area contributed by atoms with Crippen molar-refractivity contribution < 1.29 is 13.6 Å². The summed E-state index contributed by atoms with van der Waals surface area (Å²) in [6.07, 6.45) is 4.54. The van der Waals surface area contributed by atoms with E-state index in [-0.39, 0.29) is 22.6 Å². The van der Waals surface area contributed by atoms with Crippen LogP contribution in [0, 0.1) is 11.6 Å². The second-order valence-corrected chi connectivity index (χ2v) is 8.42. The minimum atomic E-state index is -0.810. The average molecular weight is 461 g/mol. The predicted octanol–water partition coefficient (Wildman–Crippen LogP) is 2.71. The number of benzene rings is 1. The number of rotatable bonds is 6. The second kappa shape index (κ2) is 9.03. The molecule has 2 aromatic heterocycles. The SMILES string of the molecule is C=CCn1c(=O)c2sc(N3CCCCC3)nc2n(CC(=O)Nc2cc(F)ccc2F)c1=O. The maximum absolute atomic E-state index is 13.9. The molecule has 11 heteroatoms. The fraction of sp³-hybridized carbons (Fsp3) is 0.333. The van der Waals surface area contributed by atoms with E-state index in [1.54, 1.807) is 0 Å². The molecule has 1 aliphatic heterocycles.